The third kappa shape index (κ3) is 16.2. The Hall–Kier alpha value is -2.65. The SMILES string of the molecule is C=C(C)C(=O)OCC(O)COCC(OCC(O)COC(=O)C(=C)C)C(CO)OCC(O)COC(=O)C(=C)C. The molecule has 13 heteroatoms. The quantitative estimate of drug-likeness (QED) is 0.0794. The van der Waals surface area contributed by atoms with Crippen molar-refractivity contribution >= 4 is 17.9 Å². The summed E-state index contributed by atoms with van der Waals surface area (Å²) in [5.41, 5.74) is 0.470. The van der Waals surface area contributed by atoms with E-state index in [1.807, 2.05) is 0 Å². The number of carbonyl (C=O) groups excluding carboxylic acids is 3. The van der Waals surface area contributed by atoms with Crippen molar-refractivity contribution in [3.8, 4) is 0 Å². The maximum Gasteiger partial charge on any atom is 0.333 e. The van der Waals surface area contributed by atoms with Gasteiger partial charge in [-0.15, -0.1) is 0 Å². The molecule has 0 rings (SSSR count). The number of hydrogen-bond acceptors (Lipinski definition) is 13. The minimum absolute atomic E-state index is 0.151. The predicted molar refractivity (Wildman–Crippen MR) is 133 cm³/mol. The maximum atomic E-state index is 11.5. The van der Waals surface area contributed by atoms with Gasteiger partial charge in [0.1, 0.15) is 50.3 Å². The van der Waals surface area contributed by atoms with E-state index in [0.29, 0.717) is 0 Å². The van der Waals surface area contributed by atoms with Crippen LogP contribution in [0.5, 0.6) is 0 Å². The Morgan fingerprint density at radius 1 is 0.579 bits per heavy atom. The molecule has 0 aliphatic carbocycles. The van der Waals surface area contributed by atoms with Gasteiger partial charge in [-0.2, -0.15) is 0 Å². The average molecular weight is 549 g/mol. The van der Waals surface area contributed by atoms with Crippen molar-refractivity contribution in [2.45, 2.75) is 51.3 Å². The van der Waals surface area contributed by atoms with Gasteiger partial charge in [0.2, 0.25) is 0 Å². The molecule has 0 aromatic rings. The molecule has 0 saturated carbocycles. The summed E-state index contributed by atoms with van der Waals surface area (Å²) in [7, 11) is 0. The van der Waals surface area contributed by atoms with Crippen molar-refractivity contribution in [1.82, 2.24) is 0 Å². The van der Waals surface area contributed by atoms with Crippen LogP contribution in [-0.4, -0.2) is 122 Å². The third-order valence-corrected chi connectivity index (χ3v) is 4.46. The summed E-state index contributed by atoms with van der Waals surface area (Å²) in [6.07, 6.45) is -5.75. The van der Waals surface area contributed by atoms with Crippen molar-refractivity contribution in [2.75, 3.05) is 52.9 Å². The zero-order valence-corrected chi connectivity index (χ0v) is 22.1. The first-order chi connectivity index (χ1) is 17.8. The van der Waals surface area contributed by atoms with Crippen molar-refractivity contribution in [3.63, 3.8) is 0 Å². The van der Waals surface area contributed by atoms with Crippen molar-refractivity contribution < 1.29 is 63.2 Å². The Morgan fingerprint density at radius 2 is 0.921 bits per heavy atom. The normalized spacial score (nSPS) is 14.9. The van der Waals surface area contributed by atoms with Crippen LogP contribution in [0.4, 0.5) is 0 Å². The molecule has 0 bridgehead atoms. The molecule has 0 aromatic carbocycles. The van der Waals surface area contributed by atoms with Gasteiger partial charge in [0.15, 0.2) is 0 Å². The molecule has 0 amide bonds. The first kappa shape index (κ1) is 35.4. The van der Waals surface area contributed by atoms with Crippen molar-refractivity contribution in [2.24, 2.45) is 0 Å². The van der Waals surface area contributed by atoms with E-state index in [1.165, 1.54) is 20.8 Å². The van der Waals surface area contributed by atoms with Gasteiger partial charge in [0.05, 0.1) is 33.0 Å². The summed E-state index contributed by atoms with van der Waals surface area (Å²) in [6, 6.07) is 0. The van der Waals surface area contributed by atoms with Crippen LogP contribution in [0.1, 0.15) is 20.8 Å². The van der Waals surface area contributed by atoms with Crippen molar-refractivity contribution in [3.05, 3.63) is 36.5 Å². The summed E-state index contributed by atoms with van der Waals surface area (Å²) in [5, 5.41) is 39.9. The second kappa shape index (κ2) is 19.4. The van der Waals surface area contributed by atoms with Crippen LogP contribution in [0.3, 0.4) is 0 Å². The van der Waals surface area contributed by atoms with E-state index in [1.54, 1.807) is 0 Å². The molecule has 4 N–H and O–H groups in total. The van der Waals surface area contributed by atoms with E-state index in [9.17, 15) is 34.8 Å². The highest BCUT2D eigenvalue weighted by Gasteiger charge is 2.26. The second-order valence-corrected chi connectivity index (χ2v) is 8.56. The topological polar surface area (TPSA) is 188 Å². The van der Waals surface area contributed by atoms with Gasteiger partial charge in [-0.05, 0) is 20.8 Å². The van der Waals surface area contributed by atoms with Gasteiger partial charge >= 0.3 is 17.9 Å². The summed E-state index contributed by atoms with van der Waals surface area (Å²) < 4.78 is 31.0. The Labute approximate surface area is 222 Å². The fraction of sp³-hybridized carbons (Fsp3) is 0.640. The Morgan fingerprint density at radius 3 is 1.26 bits per heavy atom. The molecule has 218 valence electrons. The number of hydrogen-bond donors (Lipinski definition) is 4. The number of rotatable bonds is 21. The van der Waals surface area contributed by atoms with Crippen LogP contribution in [0.2, 0.25) is 0 Å². The highest BCUT2D eigenvalue weighted by atomic mass is 16.6. The smallest absolute Gasteiger partial charge is 0.333 e. The van der Waals surface area contributed by atoms with Gasteiger partial charge in [-0.1, -0.05) is 19.7 Å². The van der Waals surface area contributed by atoms with Crippen LogP contribution in [0.15, 0.2) is 36.5 Å². The molecule has 0 heterocycles. The maximum absolute atomic E-state index is 11.5. The highest BCUT2D eigenvalue weighted by molar-refractivity contribution is 5.87. The van der Waals surface area contributed by atoms with E-state index in [0.717, 1.165) is 0 Å². The molecule has 0 fully saturated rings. The minimum Gasteiger partial charge on any atom is -0.460 e. The fourth-order valence-corrected chi connectivity index (χ4v) is 2.36. The molecule has 0 aliphatic heterocycles. The van der Waals surface area contributed by atoms with Crippen LogP contribution in [-0.2, 0) is 42.8 Å². The van der Waals surface area contributed by atoms with Crippen LogP contribution in [0, 0.1) is 0 Å². The number of aliphatic hydroxyl groups is 4. The molecular formula is C25H40O13. The lowest BCUT2D eigenvalue weighted by atomic mass is 10.2. The number of carbonyl (C=O) groups is 3. The second-order valence-electron chi connectivity index (χ2n) is 8.56. The van der Waals surface area contributed by atoms with Crippen LogP contribution < -0.4 is 0 Å². The Balaban J connectivity index is 4.98. The van der Waals surface area contributed by atoms with Crippen LogP contribution >= 0.6 is 0 Å². The van der Waals surface area contributed by atoms with Gasteiger partial charge in [0.25, 0.3) is 0 Å². The molecule has 5 unspecified atom stereocenters. The molecular weight excluding hydrogens is 508 g/mol. The molecule has 0 spiro atoms. The fourth-order valence-electron chi connectivity index (χ4n) is 2.36. The van der Waals surface area contributed by atoms with E-state index in [2.05, 4.69) is 19.7 Å². The number of ether oxygens (including phenoxy) is 6. The first-order valence-electron chi connectivity index (χ1n) is 11.7. The number of esters is 3. The van der Waals surface area contributed by atoms with Gasteiger partial charge < -0.3 is 48.8 Å². The first-order valence-corrected chi connectivity index (χ1v) is 11.7. The van der Waals surface area contributed by atoms with E-state index in [4.69, 9.17) is 28.4 Å². The lowest BCUT2D eigenvalue weighted by Crippen LogP contribution is -2.42. The largest absolute Gasteiger partial charge is 0.460 e. The van der Waals surface area contributed by atoms with E-state index >= 15 is 0 Å². The molecule has 0 aromatic heterocycles. The summed E-state index contributed by atoms with van der Waals surface area (Å²) >= 11 is 0. The minimum atomic E-state index is -1.24. The third-order valence-electron chi connectivity index (χ3n) is 4.46. The molecule has 0 radical (unpaired) electrons. The molecule has 0 aliphatic rings. The highest BCUT2D eigenvalue weighted by Crippen LogP contribution is 2.09. The summed E-state index contributed by atoms with van der Waals surface area (Å²) in [6.45, 7) is 11.7. The zero-order chi connectivity index (χ0) is 29.3. The molecule has 38 heavy (non-hydrogen) atoms. The molecule has 13 nitrogen and oxygen atoms in total. The number of aliphatic hydroxyl groups excluding tert-OH is 4. The van der Waals surface area contributed by atoms with E-state index in [-0.39, 0.29) is 63.0 Å². The predicted octanol–water partition coefficient (Wildman–Crippen LogP) is -0.794. The van der Waals surface area contributed by atoms with Crippen LogP contribution in [0.25, 0.3) is 0 Å². The zero-order valence-electron chi connectivity index (χ0n) is 22.1. The summed E-state index contributed by atoms with van der Waals surface area (Å²) in [5.74, 6) is -2.05. The van der Waals surface area contributed by atoms with E-state index < -0.39 is 55.0 Å². The summed E-state index contributed by atoms with van der Waals surface area (Å²) in [4.78, 5) is 34.4. The lowest BCUT2D eigenvalue weighted by Gasteiger charge is -2.28. The van der Waals surface area contributed by atoms with Gasteiger partial charge in [0, 0.05) is 16.7 Å². The molecule has 5 atom stereocenters. The standard InChI is InChI=1S/C25H40O13/c1-15(2)23(30)36-11-18(27)8-33-14-22(35-10-20(29)13-38-25(32)17(5)6)21(7-26)34-9-19(28)12-37-24(31)16(3)4/h18-22,26-29H,1,3,5,7-14H2,2,4,6H3. The van der Waals surface area contributed by atoms with Gasteiger partial charge in [-0.25, -0.2) is 14.4 Å². The molecule has 0 saturated heterocycles. The van der Waals surface area contributed by atoms with Crippen molar-refractivity contribution in [1.29, 1.82) is 0 Å². The Bertz CT molecular complexity index is 794. The lowest BCUT2D eigenvalue weighted by molar-refractivity contribution is -0.160. The monoisotopic (exact) mass is 548 g/mol. The average Bonchev–Trinajstić information content (AvgIpc) is 2.86. The Kier molecular flexibility index (Phi) is 18.1. The van der Waals surface area contributed by atoms with Gasteiger partial charge in [-0.3, -0.25) is 0 Å².